The predicted molar refractivity (Wildman–Crippen MR) is 58.7 cm³/mol. The molecule has 1 aromatic heterocycles. The molecule has 2 aromatic rings. The number of aromatic amines is 1. The summed E-state index contributed by atoms with van der Waals surface area (Å²) in [5, 5.41) is 2.94. The minimum absolute atomic E-state index is 0.688. The van der Waals surface area contributed by atoms with Crippen molar-refractivity contribution in [3.63, 3.8) is 0 Å². The molecule has 1 aromatic carbocycles. The Labute approximate surface area is 87.4 Å². The molecular weight excluding hydrogens is 194 g/mol. The highest BCUT2D eigenvalue weighted by molar-refractivity contribution is 5.88. The SMILES string of the molecule is CNc1nc2c(OC)ccc(OC)c2[nH]1. The molecule has 0 fully saturated rings. The molecule has 1 heterocycles. The van der Waals surface area contributed by atoms with Crippen molar-refractivity contribution in [3.8, 4) is 11.5 Å². The van der Waals surface area contributed by atoms with Crippen LogP contribution in [-0.4, -0.2) is 31.2 Å². The van der Waals surface area contributed by atoms with Crippen LogP contribution in [0.1, 0.15) is 0 Å². The number of fused-ring (bicyclic) bond motifs is 1. The summed E-state index contributed by atoms with van der Waals surface area (Å²) in [7, 11) is 5.05. The molecule has 0 atom stereocenters. The van der Waals surface area contributed by atoms with Crippen molar-refractivity contribution in [3.05, 3.63) is 12.1 Å². The summed E-state index contributed by atoms with van der Waals surface area (Å²) in [5.41, 5.74) is 1.60. The Morgan fingerprint density at radius 1 is 1.20 bits per heavy atom. The van der Waals surface area contributed by atoms with E-state index in [0.29, 0.717) is 5.95 Å². The number of H-pyrrole nitrogens is 1. The predicted octanol–water partition coefficient (Wildman–Crippen LogP) is 1.62. The topological polar surface area (TPSA) is 59.2 Å². The lowest BCUT2D eigenvalue weighted by Crippen LogP contribution is -1.88. The summed E-state index contributed by atoms with van der Waals surface area (Å²) in [4.78, 5) is 7.45. The number of imidazole rings is 1. The number of hydrogen-bond acceptors (Lipinski definition) is 4. The number of aromatic nitrogens is 2. The second-order valence-corrected chi connectivity index (χ2v) is 3.03. The lowest BCUT2D eigenvalue weighted by atomic mass is 10.2. The van der Waals surface area contributed by atoms with Gasteiger partial charge < -0.3 is 19.8 Å². The third-order valence-corrected chi connectivity index (χ3v) is 2.25. The van der Waals surface area contributed by atoms with Gasteiger partial charge in [0.15, 0.2) is 0 Å². The van der Waals surface area contributed by atoms with E-state index < -0.39 is 0 Å². The third kappa shape index (κ3) is 1.45. The van der Waals surface area contributed by atoms with Gasteiger partial charge in [-0.3, -0.25) is 0 Å². The largest absolute Gasteiger partial charge is 0.494 e. The molecule has 0 aliphatic rings. The van der Waals surface area contributed by atoms with Gasteiger partial charge in [-0.05, 0) is 12.1 Å². The summed E-state index contributed by atoms with van der Waals surface area (Å²) in [6, 6.07) is 3.68. The van der Waals surface area contributed by atoms with Gasteiger partial charge in [0, 0.05) is 7.05 Å². The molecule has 0 spiro atoms. The van der Waals surface area contributed by atoms with E-state index in [-0.39, 0.29) is 0 Å². The molecule has 0 unspecified atom stereocenters. The second kappa shape index (κ2) is 3.68. The fourth-order valence-corrected chi connectivity index (χ4v) is 1.50. The maximum Gasteiger partial charge on any atom is 0.201 e. The number of nitrogens with zero attached hydrogens (tertiary/aromatic N) is 1. The zero-order valence-corrected chi connectivity index (χ0v) is 8.92. The molecule has 0 saturated carbocycles. The Balaban J connectivity index is 2.71. The summed E-state index contributed by atoms with van der Waals surface area (Å²) < 4.78 is 10.4. The number of nitrogens with one attached hydrogen (secondary N) is 2. The van der Waals surface area contributed by atoms with Gasteiger partial charge in [0.1, 0.15) is 22.5 Å². The smallest absolute Gasteiger partial charge is 0.201 e. The first-order valence-corrected chi connectivity index (χ1v) is 4.58. The first kappa shape index (κ1) is 9.64. The lowest BCUT2D eigenvalue weighted by molar-refractivity contribution is 0.409. The quantitative estimate of drug-likeness (QED) is 0.803. The van der Waals surface area contributed by atoms with Crippen LogP contribution in [0, 0.1) is 0 Å². The monoisotopic (exact) mass is 207 g/mol. The van der Waals surface area contributed by atoms with Gasteiger partial charge in [-0.15, -0.1) is 0 Å². The van der Waals surface area contributed by atoms with Crippen LogP contribution in [0.5, 0.6) is 11.5 Å². The van der Waals surface area contributed by atoms with E-state index in [4.69, 9.17) is 9.47 Å². The molecule has 0 radical (unpaired) electrons. The highest BCUT2D eigenvalue weighted by Crippen LogP contribution is 2.31. The molecule has 80 valence electrons. The van der Waals surface area contributed by atoms with Crippen molar-refractivity contribution in [2.75, 3.05) is 26.6 Å². The van der Waals surface area contributed by atoms with Gasteiger partial charge in [-0.2, -0.15) is 0 Å². The summed E-state index contributed by atoms with van der Waals surface area (Å²) in [6.07, 6.45) is 0. The zero-order valence-electron chi connectivity index (χ0n) is 8.92. The lowest BCUT2D eigenvalue weighted by Gasteiger charge is -2.03. The normalized spacial score (nSPS) is 10.3. The Morgan fingerprint density at radius 2 is 1.87 bits per heavy atom. The Morgan fingerprint density at radius 3 is 2.47 bits per heavy atom. The minimum atomic E-state index is 0.688. The van der Waals surface area contributed by atoms with Gasteiger partial charge in [-0.1, -0.05) is 0 Å². The number of methoxy groups -OCH3 is 2. The van der Waals surface area contributed by atoms with Crippen LogP contribution >= 0.6 is 0 Å². The second-order valence-electron chi connectivity index (χ2n) is 3.03. The summed E-state index contributed by atoms with van der Waals surface area (Å²) >= 11 is 0. The molecule has 0 saturated heterocycles. The summed E-state index contributed by atoms with van der Waals surface area (Å²) in [5.74, 6) is 2.16. The number of hydrogen-bond donors (Lipinski definition) is 2. The van der Waals surface area contributed by atoms with Crippen LogP contribution in [0.25, 0.3) is 11.0 Å². The van der Waals surface area contributed by atoms with E-state index >= 15 is 0 Å². The Kier molecular flexibility index (Phi) is 2.37. The van der Waals surface area contributed by atoms with Crippen LogP contribution in [0.15, 0.2) is 12.1 Å². The molecule has 5 nitrogen and oxygen atoms in total. The standard InChI is InChI=1S/C10H13N3O2/c1-11-10-12-8-6(14-2)4-5-7(15-3)9(8)13-10/h4-5H,1-3H3,(H2,11,12,13). The Bertz CT molecular complexity index is 438. The van der Waals surface area contributed by atoms with E-state index in [1.807, 2.05) is 12.1 Å². The van der Waals surface area contributed by atoms with Crippen LogP contribution < -0.4 is 14.8 Å². The van der Waals surface area contributed by atoms with Gasteiger partial charge in [-0.25, -0.2) is 4.98 Å². The molecule has 0 aliphatic heterocycles. The molecule has 2 rings (SSSR count). The van der Waals surface area contributed by atoms with Gasteiger partial charge in [0.25, 0.3) is 0 Å². The van der Waals surface area contributed by atoms with E-state index in [2.05, 4.69) is 15.3 Å². The fourth-order valence-electron chi connectivity index (χ4n) is 1.50. The number of rotatable bonds is 3. The molecule has 0 bridgehead atoms. The molecule has 15 heavy (non-hydrogen) atoms. The third-order valence-electron chi connectivity index (χ3n) is 2.25. The minimum Gasteiger partial charge on any atom is -0.494 e. The van der Waals surface area contributed by atoms with Crippen molar-refractivity contribution in [2.45, 2.75) is 0 Å². The Hall–Kier alpha value is -1.91. The summed E-state index contributed by atoms with van der Waals surface area (Å²) in [6.45, 7) is 0. The number of anilines is 1. The maximum absolute atomic E-state index is 5.23. The average molecular weight is 207 g/mol. The van der Waals surface area contributed by atoms with E-state index in [9.17, 15) is 0 Å². The van der Waals surface area contributed by atoms with Crippen LogP contribution in [0.4, 0.5) is 5.95 Å². The number of benzene rings is 1. The van der Waals surface area contributed by atoms with Gasteiger partial charge in [0.2, 0.25) is 5.95 Å². The molecule has 0 amide bonds. The van der Waals surface area contributed by atoms with Crippen LogP contribution in [0.3, 0.4) is 0 Å². The van der Waals surface area contributed by atoms with Crippen molar-refractivity contribution in [2.24, 2.45) is 0 Å². The van der Waals surface area contributed by atoms with Crippen molar-refractivity contribution >= 4 is 17.0 Å². The van der Waals surface area contributed by atoms with Gasteiger partial charge >= 0.3 is 0 Å². The fraction of sp³-hybridized carbons (Fsp3) is 0.300. The highest BCUT2D eigenvalue weighted by atomic mass is 16.5. The van der Waals surface area contributed by atoms with E-state index in [1.165, 1.54) is 0 Å². The van der Waals surface area contributed by atoms with E-state index in [0.717, 1.165) is 22.5 Å². The highest BCUT2D eigenvalue weighted by Gasteiger charge is 2.11. The molecule has 0 aliphatic carbocycles. The zero-order chi connectivity index (χ0) is 10.8. The maximum atomic E-state index is 5.23. The van der Waals surface area contributed by atoms with Crippen molar-refractivity contribution < 1.29 is 9.47 Å². The first-order chi connectivity index (χ1) is 7.30. The number of ether oxygens (including phenoxy) is 2. The average Bonchev–Trinajstić information content (AvgIpc) is 2.71. The van der Waals surface area contributed by atoms with E-state index in [1.54, 1.807) is 21.3 Å². The van der Waals surface area contributed by atoms with Gasteiger partial charge in [0.05, 0.1) is 14.2 Å². The van der Waals surface area contributed by atoms with Crippen molar-refractivity contribution in [1.82, 2.24) is 9.97 Å². The van der Waals surface area contributed by atoms with Crippen molar-refractivity contribution in [1.29, 1.82) is 0 Å². The van der Waals surface area contributed by atoms with Crippen LogP contribution in [0.2, 0.25) is 0 Å². The molecular formula is C10H13N3O2. The molecule has 2 N–H and O–H groups in total. The van der Waals surface area contributed by atoms with Crippen LogP contribution in [-0.2, 0) is 0 Å². The molecule has 5 heteroatoms. The first-order valence-electron chi connectivity index (χ1n) is 4.58.